The SMILES string of the molecule is CCOC(=O)/C(=C/C1=CC(C)C(C)(OCc2ccccc2)C(C)=C1)OC(=O)N1CCC(N2CCc3ccccc3NC2=O)CC1. The van der Waals surface area contributed by atoms with E-state index in [0.29, 0.717) is 39.1 Å². The second kappa shape index (κ2) is 14.2. The highest BCUT2D eigenvalue weighted by Crippen LogP contribution is 2.37. The molecule has 1 aliphatic carbocycles. The number of fused-ring (bicyclic) bond motifs is 1. The summed E-state index contributed by atoms with van der Waals surface area (Å²) in [7, 11) is 0. The molecule has 0 spiro atoms. The maximum atomic E-state index is 13.3. The topological polar surface area (TPSA) is 97.4 Å². The highest BCUT2D eigenvalue weighted by atomic mass is 16.6. The number of esters is 1. The fraction of sp³-hybridized carbons (Fsp3) is 0.417. The summed E-state index contributed by atoms with van der Waals surface area (Å²) >= 11 is 0. The molecule has 2 atom stereocenters. The number of amides is 3. The average molecular weight is 614 g/mol. The van der Waals surface area contributed by atoms with Crippen LogP contribution in [0.5, 0.6) is 0 Å². The number of likely N-dealkylation sites (tertiary alicyclic amines) is 1. The van der Waals surface area contributed by atoms with Crippen molar-refractivity contribution >= 4 is 23.8 Å². The van der Waals surface area contributed by atoms with E-state index in [1.807, 2.05) is 78.6 Å². The standard InChI is InChI=1S/C36H43N3O6/c1-5-43-33(40)32(23-28-21-25(2)36(4,26(3)22-28)44-24-27-11-7-6-8-12-27)45-35(42)38-18-16-30(17-19-38)39-20-15-29-13-9-10-14-31(29)37-34(39)41/h6-14,21-23,25,30H,5,15-20,24H2,1-4H3,(H,37,41)/b32-23-. The summed E-state index contributed by atoms with van der Waals surface area (Å²) in [6.07, 6.45) is 6.92. The number of ether oxygens (including phenoxy) is 3. The zero-order valence-corrected chi connectivity index (χ0v) is 26.6. The molecule has 1 N–H and O–H groups in total. The number of allylic oxidation sites excluding steroid dienone is 3. The normalized spacial score (nSPS) is 22.4. The predicted molar refractivity (Wildman–Crippen MR) is 172 cm³/mol. The molecule has 9 heteroatoms. The Bertz CT molecular complexity index is 1490. The van der Waals surface area contributed by atoms with Crippen LogP contribution in [0.2, 0.25) is 0 Å². The Morgan fingerprint density at radius 2 is 1.76 bits per heavy atom. The van der Waals surface area contributed by atoms with Crippen LogP contribution >= 0.6 is 0 Å². The van der Waals surface area contributed by atoms with Gasteiger partial charge >= 0.3 is 18.1 Å². The van der Waals surface area contributed by atoms with Crippen LogP contribution in [-0.2, 0) is 32.0 Å². The van der Waals surface area contributed by atoms with Gasteiger partial charge in [-0.3, -0.25) is 0 Å². The van der Waals surface area contributed by atoms with Crippen LogP contribution in [0, 0.1) is 5.92 Å². The molecule has 0 bridgehead atoms. The van der Waals surface area contributed by atoms with Crippen LogP contribution in [0.15, 0.2) is 89.7 Å². The van der Waals surface area contributed by atoms with Crippen molar-refractivity contribution in [2.45, 2.75) is 65.2 Å². The van der Waals surface area contributed by atoms with E-state index in [4.69, 9.17) is 14.2 Å². The van der Waals surface area contributed by atoms with E-state index in [9.17, 15) is 14.4 Å². The number of benzene rings is 2. The number of para-hydroxylation sites is 1. The Morgan fingerprint density at radius 3 is 2.47 bits per heavy atom. The van der Waals surface area contributed by atoms with Gasteiger partial charge in [0.2, 0.25) is 5.76 Å². The van der Waals surface area contributed by atoms with Gasteiger partial charge in [0, 0.05) is 37.3 Å². The predicted octanol–water partition coefficient (Wildman–Crippen LogP) is 6.62. The van der Waals surface area contributed by atoms with Crippen LogP contribution in [0.3, 0.4) is 0 Å². The number of hydrogen-bond donors (Lipinski definition) is 1. The molecule has 1 saturated heterocycles. The monoisotopic (exact) mass is 613 g/mol. The minimum absolute atomic E-state index is 0.00356. The Labute approximate surface area is 265 Å². The number of carbonyl (C=O) groups is 3. The van der Waals surface area contributed by atoms with E-state index < -0.39 is 17.7 Å². The van der Waals surface area contributed by atoms with Crippen molar-refractivity contribution in [3.8, 4) is 0 Å². The van der Waals surface area contributed by atoms with Gasteiger partial charge in [-0.1, -0.05) is 67.6 Å². The van der Waals surface area contributed by atoms with Crippen molar-refractivity contribution in [2.24, 2.45) is 5.92 Å². The second-order valence-corrected chi connectivity index (χ2v) is 12.0. The molecule has 0 radical (unpaired) electrons. The molecule has 2 unspecified atom stereocenters. The molecular formula is C36H43N3O6. The van der Waals surface area contributed by atoms with Crippen molar-refractivity contribution in [1.29, 1.82) is 0 Å². The Hall–Kier alpha value is -4.37. The zero-order valence-electron chi connectivity index (χ0n) is 26.6. The largest absolute Gasteiger partial charge is 0.460 e. The van der Waals surface area contributed by atoms with Gasteiger partial charge in [0.25, 0.3) is 0 Å². The van der Waals surface area contributed by atoms with Gasteiger partial charge in [-0.2, -0.15) is 0 Å². The van der Waals surface area contributed by atoms with Crippen molar-refractivity contribution in [2.75, 3.05) is 31.6 Å². The molecule has 1 fully saturated rings. The summed E-state index contributed by atoms with van der Waals surface area (Å²) in [6.45, 7) is 9.91. The van der Waals surface area contributed by atoms with Gasteiger partial charge in [-0.15, -0.1) is 0 Å². The summed E-state index contributed by atoms with van der Waals surface area (Å²) < 4.78 is 17.3. The number of nitrogens with one attached hydrogen (secondary N) is 1. The molecule has 2 aromatic rings. The molecule has 0 aromatic heterocycles. The van der Waals surface area contributed by atoms with Crippen molar-refractivity contribution in [1.82, 2.24) is 9.80 Å². The lowest BCUT2D eigenvalue weighted by atomic mass is 9.78. The second-order valence-electron chi connectivity index (χ2n) is 12.0. The molecule has 2 heterocycles. The summed E-state index contributed by atoms with van der Waals surface area (Å²) in [5, 5.41) is 3.02. The van der Waals surface area contributed by atoms with Crippen LogP contribution in [-0.4, -0.2) is 65.8 Å². The summed E-state index contributed by atoms with van der Waals surface area (Å²) in [6, 6.07) is 17.8. The van der Waals surface area contributed by atoms with Crippen LogP contribution in [0.1, 0.15) is 51.7 Å². The number of hydrogen-bond acceptors (Lipinski definition) is 6. The van der Waals surface area contributed by atoms with E-state index in [-0.39, 0.29) is 30.4 Å². The molecule has 238 valence electrons. The Balaban J connectivity index is 1.22. The number of carbonyl (C=O) groups excluding carboxylic acids is 3. The first-order valence-corrected chi connectivity index (χ1v) is 15.8. The average Bonchev–Trinajstić information content (AvgIpc) is 3.21. The van der Waals surface area contributed by atoms with Gasteiger partial charge in [-0.05, 0) is 74.4 Å². The lowest BCUT2D eigenvalue weighted by Gasteiger charge is -2.38. The summed E-state index contributed by atoms with van der Waals surface area (Å²) in [5.41, 5.74) is 4.26. The minimum Gasteiger partial charge on any atom is -0.460 e. The van der Waals surface area contributed by atoms with Crippen molar-refractivity contribution < 1.29 is 28.6 Å². The number of urea groups is 1. The highest BCUT2D eigenvalue weighted by molar-refractivity contribution is 5.91. The van der Waals surface area contributed by atoms with E-state index in [1.165, 1.54) is 0 Å². The van der Waals surface area contributed by atoms with E-state index >= 15 is 0 Å². The third kappa shape index (κ3) is 7.48. The lowest BCUT2D eigenvalue weighted by molar-refractivity contribution is -0.141. The van der Waals surface area contributed by atoms with E-state index in [0.717, 1.165) is 34.4 Å². The maximum Gasteiger partial charge on any atom is 0.415 e. The van der Waals surface area contributed by atoms with Crippen LogP contribution in [0.25, 0.3) is 0 Å². The first-order chi connectivity index (χ1) is 21.7. The Kier molecular flexibility index (Phi) is 10.1. The van der Waals surface area contributed by atoms with Crippen molar-refractivity contribution in [3.05, 3.63) is 101 Å². The molecule has 2 aromatic carbocycles. The molecule has 45 heavy (non-hydrogen) atoms. The zero-order chi connectivity index (χ0) is 32.0. The van der Waals surface area contributed by atoms with Gasteiger partial charge in [0.15, 0.2) is 0 Å². The molecule has 0 saturated carbocycles. The third-order valence-electron chi connectivity index (χ3n) is 9.14. The van der Waals surface area contributed by atoms with Crippen LogP contribution in [0.4, 0.5) is 15.3 Å². The number of rotatable bonds is 8. The molecule has 5 rings (SSSR count). The minimum atomic E-state index is -0.699. The number of piperidine rings is 1. The van der Waals surface area contributed by atoms with Gasteiger partial charge < -0.3 is 29.3 Å². The maximum absolute atomic E-state index is 13.3. The molecule has 3 aliphatic rings. The van der Waals surface area contributed by atoms with E-state index in [2.05, 4.69) is 19.2 Å². The Morgan fingerprint density at radius 1 is 1.04 bits per heavy atom. The molecule has 9 nitrogen and oxygen atoms in total. The van der Waals surface area contributed by atoms with Crippen LogP contribution < -0.4 is 5.32 Å². The first kappa shape index (κ1) is 32.0. The highest BCUT2D eigenvalue weighted by Gasteiger charge is 2.36. The summed E-state index contributed by atoms with van der Waals surface area (Å²) in [4.78, 5) is 42.6. The first-order valence-electron chi connectivity index (χ1n) is 15.8. The molecule has 3 amide bonds. The molecular weight excluding hydrogens is 570 g/mol. The fourth-order valence-corrected chi connectivity index (χ4v) is 6.13. The number of nitrogens with zero attached hydrogens (tertiary/aromatic N) is 2. The molecule has 2 aliphatic heterocycles. The quantitative estimate of drug-likeness (QED) is 0.204. The number of anilines is 1. The lowest BCUT2D eigenvalue weighted by Crippen LogP contribution is -2.50. The van der Waals surface area contributed by atoms with Gasteiger partial charge in [0.1, 0.15) is 0 Å². The smallest absolute Gasteiger partial charge is 0.415 e. The van der Waals surface area contributed by atoms with Gasteiger partial charge in [0.05, 0.1) is 18.8 Å². The van der Waals surface area contributed by atoms with Crippen molar-refractivity contribution in [3.63, 3.8) is 0 Å². The third-order valence-corrected chi connectivity index (χ3v) is 9.14. The van der Waals surface area contributed by atoms with Gasteiger partial charge in [-0.25, -0.2) is 14.4 Å². The fourth-order valence-electron chi connectivity index (χ4n) is 6.13. The van der Waals surface area contributed by atoms with E-state index in [1.54, 1.807) is 17.9 Å². The summed E-state index contributed by atoms with van der Waals surface area (Å²) in [5.74, 6) is -0.876.